The lowest BCUT2D eigenvalue weighted by Gasteiger charge is -2.09. The standard InChI is InChI=1S/C10H11BrFN3O3/c1-5(13)4-14-10(16)7-2-6(12)3-8(9(7)11)15(17)18/h2-3,5H,4,13H2,1H3,(H,14,16)/t5-/m1/s1. The Kier molecular flexibility index (Phi) is 4.74. The number of nitrogens with zero attached hydrogens (tertiary/aromatic N) is 1. The fourth-order valence-electron chi connectivity index (χ4n) is 1.22. The number of amides is 1. The van der Waals surface area contributed by atoms with E-state index in [-0.39, 0.29) is 22.6 Å². The molecule has 0 unspecified atom stereocenters. The van der Waals surface area contributed by atoms with Gasteiger partial charge in [0.25, 0.3) is 11.6 Å². The van der Waals surface area contributed by atoms with Gasteiger partial charge in [-0.25, -0.2) is 4.39 Å². The van der Waals surface area contributed by atoms with Crippen molar-refractivity contribution in [2.45, 2.75) is 13.0 Å². The Morgan fingerprint density at radius 1 is 1.67 bits per heavy atom. The lowest BCUT2D eigenvalue weighted by atomic mass is 10.1. The fraction of sp³-hybridized carbons (Fsp3) is 0.300. The highest BCUT2D eigenvalue weighted by Gasteiger charge is 2.21. The summed E-state index contributed by atoms with van der Waals surface area (Å²) in [5.74, 6) is -1.47. The van der Waals surface area contributed by atoms with Gasteiger partial charge in [0.15, 0.2) is 0 Å². The number of nitro groups is 1. The third kappa shape index (κ3) is 3.47. The van der Waals surface area contributed by atoms with Crippen molar-refractivity contribution >= 4 is 27.5 Å². The number of hydrogen-bond donors (Lipinski definition) is 2. The third-order valence-electron chi connectivity index (χ3n) is 2.04. The van der Waals surface area contributed by atoms with E-state index in [1.165, 1.54) is 0 Å². The summed E-state index contributed by atoms with van der Waals surface area (Å²) in [6.45, 7) is 1.87. The molecule has 8 heteroatoms. The largest absolute Gasteiger partial charge is 0.350 e. The predicted octanol–water partition coefficient (Wildman–Crippen LogP) is 1.57. The molecule has 0 saturated carbocycles. The van der Waals surface area contributed by atoms with E-state index < -0.39 is 22.3 Å². The zero-order valence-corrected chi connectivity index (χ0v) is 11.0. The monoisotopic (exact) mass is 319 g/mol. The summed E-state index contributed by atoms with van der Waals surface area (Å²) in [7, 11) is 0. The predicted molar refractivity (Wildman–Crippen MR) is 66.7 cm³/mol. The van der Waals surface area contributed by atoms with E-state index in [4.69, 9.17) is 5.73 Å². The zero-order chi connectivity index (χ0) is 13.9. The normalized spacial score (nSPS) is 12.0. The highest BCUT2D eigenvalue weighted by Crippen LogP contribution is 2.29. The quantitative estimate of drug-likeness (QED) is 0.650. The maximum Gasteiger partial charge on any atom is 0.287 e. The summed E-state index contributed by atoms with van der Waals surface area (Å²) in [4.78, 5) is 21.6. The van der Waals surface area contributed by atoms with Gasteiger partial charge in [0.1, 0.15) is 10.3 Å². The van der Waals surface area contributed by atoms with E-state index in [1.54, 1.807) is 6.92 Å². The van der Waals surface area contributed by atoms with Crippen LogP contribution in [0.25, 0.3) is 0 Å². The van der Waals surface area contributed by atoms with E-state index in [1.807, 2.05) is 0 Å². The smallest absolute Gasteiger partial charge is 0.287 e. The Bertz CT molecular complexity index is 494. The maximum atomic E-state index is 13.2. The molecular formula is C10H11BrFN3O3. The lowest BCUT2D eigenvalue weighted by Crippen LogP contribution is -2.35. The first-order chi connectivity index (χ1) is 8.32. The molecule has 0 radical (unpaired) electrons. The first kappa shape index (κ1) is 14.5. The van der Waals surface area contributed by atoms with Gasteiger partial charge in [0.2, 0.25) is 0 Å². The second kappa shape index (κ2) is 5.87. The fourth-order valence-corrected chi connectivity index (χ4v) is 1.78. The average Bonchev–Trinajstić information content (AvgIpc) is 2.28. The molecule has 0 aliphatic rings. The Labute approximate surface area is 111 Å². The summed E-state index contributed by atoms with van der Waals surface area (Å²) in [5, 5.41) is 13.1. The van der Waals surface area contributed by atoms with Gasteiger partial charge in [0, 0.05) is 12.6 Å². The van der Waals surface area contributed by atoms with Crippen LogP contribution < -0.4 is 11.1 Å². The van der Waals surface area contributed by atoms with Gasteiger partial charge in [-0.15, -0.1) is 0 Å². The molecule has 0 aliphatic heterocycles. The number of nitro benzene ring substituents is 1. The van der Waals surface area contributed by atoms with Gasteiger partial charge in [-0.2, -0.15) is 0 Å². The van der Waals surface area contributed by atoms with Crippen LogP contribution in [0.15, 0.2) is 16.6 Å². The van der Waals surface area contributed by atoms with E-state index in [2.05, 4.69) is 21.2 Å². The first-order valence-corrected chi connectivity index (χ1v) is 5.79. The number of benzene rings is 1. The van der Waals surface area contributed by atoms with E-state index in [0.717, 1.165) is 12.1 Å². The minimum Gasteiger partial charge on any atom is -0.350 e. The summed E-state index contributed by atoms with van der Waals surface area (Å²) >= 11 is 2.92. The summed E-state index contributed by atoms with van der Waals surface area (Å²) in [5.41, 5.74) is 4.82. The van der Waals surface area contributed by atoms with E-state index in [0.29, 0.717) is 0 Å². The highest BCUT2D eigenvalue weighted by molar-refractivity contribution is 9.10. The molecule has 1 atom stereocenters. The second-order valence-corrected chi connectivity index (χ2v) is 4.52. The lowest BCUT2D eigenvalue weighted by molar-refractivity contribution is -0.385. The number of halogens is 2. The number of carbonyl (C=O) groups is 1. The van der Waals surface area contributed by atoms with Gasteiger partial charge in [-0.1, -0.05) is 0 Å². The molecular weight excluding hydrogens is 309 g/mol. The van der Waals surface area contributed by atoms with Gasteiger partial charge >= 0.3 is 0 Å². The molecule has 1 rings (SSSR count). The minimum atomic E-state index is -0.851. The Hall–Kier alpha value is -1.54. The Morgan fingerprint density at radius 2 is 2.28 bits per heavy atom. The van der Waals surface area contributed by atoms with Crippen molar-refractivity contribution in [3.63, 3.8) is 0 Å². The summed E-state index contributed by atoms with van der Waals surface area (Å²) < 4.78 is 13.1. The Balaban J connectivity index is 3.09. The van der Waals surface area contributed by atoms with E-state index in [9.17, 15) is 19.3 Å². The molecule has 0 aromatic heterocycles. The molecule has 1 aromatic rings. The minimum absolute atomic E-state index is 0.0592. The van der Waals surface area contributed by atoms with E-state index >= 15 is 0 Å². The van der Waals surface area contributed by atoms with Gasteiger partial charge in [-0.05, 0) is 28.9 Å². The van der Waals surface area contributed by atoms with Crippen LogP contribution in [0, 0.1) is 15.9 Å². The molecule has 1 amide bonds. The van der Waals surface area contributed by atoms with Crippen molar-refractivity contribution in [2.75, 3.05) is 6.54 Å². The highest BCUT2D eigenvalue weighted by atomic mass is 79.9. The maximum absolute atomic E-state index is 13.2. The SMILES string of the molecule is C[C@@H](N)CNC(=O)c1cc(F)cc([N+](=O)[O-])c1Br. The molecule has 0 saturated heterocycles. The van der Waals surface area contributed by atoms with Crippen molar-refractivity contribution in [1.29, 1.82) is 0 Å². The molecule has 6 nitrogen and oxygen atoms in total. The molecule has 1 aromatic carbocycles. The molecule has 0 aliphatic carbocycles. The number of rotatable bonds is 4. The van der Waals surface area contributed by atoms with Gasteiger partial charge in [-0.3, -0.25) is 14.9 Å². The molecule has 0 spiro atoms. The molecule has 98 valence electrons. The van der Waals surface area contributed by atoms with Gasteiger partial charge < -0.3 is 11.1 Å². The third-order valence-corrected chi connectivity index (χ3v) is 2.88. The van der Waals surface area contributed by atoms with Crippen molar-refractivity contribution < 1.29 is 14.1 Å². The molecule has 0 heterocycles. The summed E-state index contributed by atoms with van der Waals surface area (Å²) in [6, 6.07) is 1.40. The van der Waals surface area contributed by atoms with Crippen LogP contribution in [0.1, 0.15) is 17.3 Å². The van der Waals surface area contributed by atoms with Crippen molar-refractivity contribution in [3.05, 3.63) is 38.1 Å². The molecule has 0 fully saturated rings. The van der Waals surface area contributed by atoms with Gasteiger partial charge in [0.05, 0.1) is 16.6 Å². The average molecular weight is 320 g/mol. The first-order valence-electron chi connectivity index (χ1n) is 5.00. The number of hydrogen-bond acceptors (Lipinski definition) is 4. The van der Waals surface area contributed by atoms with Crippen LogP contribution in [-0.2, 0) is 0 Å². The van der Waals surface area contributed by atoms with Crippen molar-refractivity contribution in [2.24, 2.45) is 5.73 Å². The van der Waals surface area contributed by atoms with Crippen LogP contribution >= 0.6 is 15.9 Å². The van der Waals surface area contributed by atoms with Crippen LogP contribution in [-0.4, -0.2) is 23.4 Å². The number of nitrogens with two attached hydrogens (primary N) is 1. The van der Waals surface area contributed by atoms with Crippen LogP contribution in [0.2, 0.25) is 0 Å². The second-order valence-electron chi connectivity index (χ2n) is 3.73. The Morgan fingerprint density at radius 3 is 2.78 bits per heavy atom. The van der Waals surface area contributed by atoms with Crippen molar-refractivity contribution in [3.8, 4) is 0 Å². The zero-order valence-electron chi connectivity index (χ0n) is 9.44. The van der Waals surface area contributed by atoms with Crippen LogP contribution in [0.3, 0.4) is 0 Å². The molecule has 0 bridgehead atoms. The van der Waals surface area contributed by atoms with Crippen molar-refractivity contribution in [1.82, 2.24) is 5.32 Å². The molecule has 18 heavy (non-hydrogen) atoms. The topological polar surface area (TPSA) is 98.3 Å². The van der Waals surface area contributed by atoms with Crippen LogP contribution in [0.5, 0.6) is 0 Å². The summed E-state index contributed by atoms with van der Waals surface area (Å²) in [6.07, 6.45) is 0. The number of carbonyl (C=O) groups excluding carboxylic acids is 1. The van der Waals surface area contributed by atoms with Crippen LogP contribution in [0.4, 0.5) is 10.1 Å². The molecule has 3 N–H and O–H groups in total. The number of nitrogens with one attached hydrogen (secondary N) is 1.